The number of carbonyl (C=O) groups excluding carboxylic acids is 1. The Labute approximate surface area is 254 Å². The summed E-state index contributed by atoms with van der Waals surface area (Å²) < 4.78 is 41.4. The van der Waals surface area contributed by atoms with Crippen LogP contribution in [0.4, 0.5) is 38.0 Å². The van der Waals surface area contributed by atoms with Gasteiger partial charge in [0, 0.05) is 31.6 Å². The van der Waals surface area contributed by atoms with Crippen LogP contribution in [0.3, 0.4) is 0 Å². The molecule has 3 aromatic carbocycles. The van der Waals surface area contributed by atoms with Gasteiger partial charge in [0.2, 0.25) is 5.91 Å². The van der Waals surface area contributed by atoms with Gasteiger partial charge in [0.1, 0.15) is 11.4 Å². The number of azo groups is 1. The maximum atomic E-state index is 13.4. The third-order valence-electron chi connectivity index (χ3n) is 6.29. The maximum absolute atomic E-state index is 13.4. The lowest BCUT2D eigenvalue weighted by molar-refractivity contribution is -0.393. The first-order valence-corrected chi connectivity index (χ1v) is 14.7. The topological polar surface area (TPSA) is 187 Å². The SMILES string of the molecule is CCC(C)N(Cc1ccc(S(=O)(=O)F)cc1)c1cc(NC(C)=O)c(N=Nc2c(Br)cc([N+](=O)[O-])cc2[N+](=O)[O-])cc1OC. The molecule has 1 N–H and O–H groups in total. The van der Waals surface area contributed by atoms with Crippen LogP contribution < -0.4 is 15.0 Å². The first-order chi connectivity index (χ1) is 20.2. The van der Waals surface area contributed by atoms with Crippen molar-refractivity contribution in [3.05, 3.63) is 78.8 Å². The number of methoxy groups -OCH3 is 1. The second kappa shape index (κ2) is 13.6. The van der Waals surface area contributed by atoms with Gasteiger partial charge < -0.3 is 15.0 Å². The Morgan fingerprint density at radius 2 is 1.77 bits per heavy atom. The number of nitrogens with one attached hydrogen (secondary N) is 1. The molecule has 0 spiro atoms. The summed E-state index contributed by atoms with van der Waals surface area (Å²) in [7, 11) is -3.45. The molecule has 0 saturated carbocycles. The van der Waals surface area contributed by atoms with Gasteiger partial charge in [-0.15, -0.1) is 14.1 Å². The average molecular weight is 681 g/mol. The molecule has 43 heavy (non-hydrogen) atoms. The molecule has 0 aliphatic heterocycles. The monoisotopic (exact) mass is 680 g/mol. The van der Waals surface area contributed by atoms with Crippen molar-refractivity contribution in [3.8, 4) is 5.75 Å². The summed E-state index contributed by atoms with van der Waals surface area (Å²) in [6, 6.07) is 10.1. The van der Waals surface area contributed by atoms with E-state index in [-0.39, 0.29) is 34.1 Å². The zero-order valence-electron chi connectivity index (χ0n) is 23.3. The molecule has 0 heterocycles. The molecular formula is C26H26BrFN6O8S. The fraction of sp³-hybridized carbons (Fsp3) is 0.269. The van der Waals surface area contributed by atoms with Crippen molar-refractivity contribution in [2.24, 2.45) is 10.2 Å². The number of benzene rings is 3. The number of hydrogen-bond acceptors (Lipinski definition) is 11. The summed E-state index contributed by atoms with van der Waals surface area (Å²) >= 11 is 3.08. The lowest BCUT2D eigenvalue weighted by Crippen LogP contribution is -2.32. The number of rotatable bonds is 12. The highest BCUT2D eigenvalue weighted by atomic mass is 79.9. The van der Waals surface area contributed by atoms with Crippen molar-refractivity contribution in [2.45, 2.75) is 44.7 Å². The molecule has 0 saturated heterocycles. The highest BCUT2D eigenvalue weighted by Crippen LogP contribution is 2.43. The first kappa shape index (κ1) is 33.0. The van der Waals surface area contributed by atoms with E-state index in [9.17, 15) is 37.3 Å². The summed E-state index contributed by atoms with van der Waals surface area (Å²) in [4.78, 5) is 34.8. The normalized spacial score (nSPS) is 12.1. The van der Waals surface area contributed by atoms with Crippen molar-refractivity contribution < 1.29 is 31.7 Å². The first-order valence-electron chi connectivity index (χ1n) is 12.5. The fourth-order valence-electron chi connectivity index (χ4n) is 3.99. The second-order valence-corrected chi connectivity index (χ2v) is 11.4. The Balaban J connectivity index is 2.14. The molecule has 3 rings (SSSR count). The molecule has 1 atom stereocenters. The summed E-state index contributed by atoms with van der Waals surface area (Å²) in [5.41, 5.74) is -0.0407. The molecule has 0 fully saturated rings. The Morgan fingerprint density at radius 3 is 2.28 bits per heavy atom. The van der Waals surface area contributed by atoms with Gasteiger partial charge >= 0.3 is 15.9 Å². The van der Waals surface area contributed by atoms with Gasteiger partial charge in [-0.05, 0) is 53.0 Å². The van der Waals surface area contributed by atoms with Crippen LogP contribution in [0.2, 0.25) is 0 Å². The number of carbonyl (C=O) groups is 1. The molecule has 3 aromatic rings. The van der Waals surface area contributed by atoms with Crippen molar-refractivity contribution >= 4 is 66.2 Å². The predicted octanol–water partition coefficient (Wildman–Crippen LogP) is 7.11. The Bertz CT molecular complexity index is 1700. The van der Waals surface area contributed by atoms with Gasteiger partial charge in [-0.1, -0.05) is 19.1 Å². The minimum Gasteiger partial charge on any atom is -0.494 e. The minimum absolute atomic E-state index is 0.0451. The average Bonchev–Trinajstić information content (AvgIpc) is 2.94. The van der Waals surface area contributed by atoms with Gasteiger partial charge in [-0.3, -0.25) is 25.0 Å². The zero-order chi connectivity index (χ0) is 32.1. The molecular weight excluding hydrogens is 655 g/mol. The molecule has 0 bridgehead atoms. The molecule has 14 nitrogen and oxygen atoms in total. The van der Waals surface area contributed by atoms with Gasteiger partial charge in [0.15, 0.2) is 5.69 Å². The standard InChI is InChI=1S/C26H26BrFN6O8S/c1-5-15(2)32(14-17-6-8-19(9-7-17)43(28,40)41)23-12-21(29-16(3)35)22(13-25(23)42-4)30-31-26-20(27)10-18(33(36)37)11-24(26)34(38)39/h6-13,15H,5,14H2,1-4H3,(H,29,35). The van der Waals surface area contributed by atoms with E-state index < -0.39 is 42.2 Å². The number of anilines is 2. The van der Waals surface area contributed by atoms with Crippen molar-refractivity contribution in [3.63, 3.8) is 0 Å². The Morgan fingerprint density at radius 1 is 1.12 bits per heavy atom. The van der Waals surface area contributed by atoms with Crippen molar-refractivity contribution in [1.82, 2.24) is 0 Å². The number of nitrogens with zero attached hydrogens (tertiary/aromatic N) is 5. The number of ether oxygens (including phenoxy) is 1. The van der Waals surface area contributed by atoms with E-state index in [1.54, 1.807) is 6.07 Å². The molecule has 1 unspecified atom stereocenters. The van der Waals surface area contributed by atoms with Crippen LogP contribution >= 0.6 is 15.9 Å². The Hall–Kier alpha value is -4.51. The number of nitro benzene ring substituents is 2. The van der Waals surface area contributed by atoms with Crippen LogP contribution in [-0.2, 0) is 21.6 Å². The van der Waals surface area contributed by atoms with Gasteiger partial charge in [0.25, 0.3) is 5.69 Å². The third-order valence-corrected chi connectivity index (χ3v) is 7.73. The number of hydrogen-bond donors (Lipinski definition) is 1. The quantitative estimate of drug-likeness (QED) is 0.0899. The minimum atomic E-state index is -4.86. The van der Waals surface area contributed by atoms with Crippen LogP contribution in [0, 0.1) is 20.2 Å². The summed E-state index contributed by atoms with van der Waals surface area (Å²) in [5.74, 6) is -0.156. The lowest BCUT2D eigenvalue weighted by atomic mass is 10.1. The van der Waals surface area contributed by atoms with Gasteiger partial charge in [-0.25, -0.2) is 0 Å². The van der Waals surface area contributed by atoms with E-state index in [1.807, 2.05) is 18.7 Å². The molecule has 1 amide bonds. The zero-order valence-corrected chi connectivity index (χ0v) is 25.7. The number of amides is 1. The highest BCUT2D eigenvalue weighted by molar-refractivity contribution is 9.10. The Kier molecular flexibility index (Phi) is 10.5. The third kappa shape index (κ3) is 8.07. The van der Waals surface area contributed by atoms with Crippen molar-refractivity contribution in [1.29, 1.82) is 0 Å². The van der Waals surface area contributed by atoms with E-state index in [0.717, 1.165) is 12.1 Å². The van der Waals surface area contributed by atoms with Crippen LogP contribution in [0.5, 0.6) is 5.75 Å². The van der Waals surface area contributed by atoms with Crippen LogP contribution in [0.15, 0.2) is 68.1 Å². The van der Waals surface area contributed by atoms with Gasteiger partial charge in [-0.2, -0.15) is 8.42 Å². The molecule has 0 aliphatic carbocycles. The molecule has 0 aliphatic rings. The van der Waals surface area contributed by atoms with E-state index in [4.69, 9.17) is 4.74 Å². The summed E-state index contributed by atoms with van der Waals surface area (Å²) in [6.07, 6.45) is 0.675. The second-order valence-electron chi connectivity index (χ2n) is 9.20. The van der Waals surface area contributed by atoms with Crippen LogP contribution in [0.25, 0.3) is 0 Å². The lowest BCUT2D eigenvalue weighted by Gasteiger charge is -2.32. The highest BCUT2D eigenvalue weighted by Gasteiger charge is 2.25. The number of halogens is 2. The molecule has 228 valence electrons. The summed E-state index contributed by atoms with van der Waals surface area (Å²) in [6.45, 7) is 5.42. The molecule has 0 aromatic heterocycles. The smallest absolute Gasteiger partial charge is 0.332 e. The van der Waals surface area contributed by atoms with E-state index in [0.29, 0.717) is 23.4 Å². The van der Waals surface area contributed by atoms with E-state index >= 15 is 0 Å². The van der Waals surface area contributed by atoms with Crippen molar-refractivity contribution in [2.75, 3.05) is 17.3 Å². The van der Waals surface area contributed by atoms with Crippen LogP contribution in [-0.4, -0.2) is 37.3 Å². The van der Waals surface area contributed by atoms with E-state index in [2.05, 4.69) is 31.5 Å². The maximum Gasteiger partial charge on any atom is 0.332 e. The molecule has 0 radical (unpaired) electrons. The molecule has 17 heteroatoms. The fourth-order valence-corrected chi connectivity index (χ4v) is 4.97. The number of non-ortho nitro benzene ring substituents is 1. The largest absolute Gasteiger partial charge is 0.494 e. The van der Waals surface area contributed by atoms with Crippen LogP contribution in [0.1, 0.15) is 32.8 Å². The number of nitro groups is 2. The van der Waals surface area contributed by atoms with E-state index in [1.165, 1.54) is 44.4 Å². The predicted molar refractivity (Wildman–Crippen MR) is 160 cm³/mol. The summed E-state index contributed by atoms with van der Waals surface area (Å²) in [5, 5.41) is 33.6. The van der Waals surface area contributed by atoms with Gasteiger partial charge in [0.05, 0.1) is 43.8 Å².